The fourth-order valence-electron chi connectivity index (χ4n) is 5.76. The Labute approximate surface area is 249 Å². The van der Waals surface area contributed by atoms with E-state index in [1.54, 1.807) is 7.11 Å². The molecule has 0 spiro atoms. The molecule has 1 N–H and O–H groups in total. The summed E-state index contributed by atoms with van der Waals surface area (Å²) in [5.41, 5.74) is 2.92. The van der Waals surface area contributed by atoms with Crippen molar-refractivity contribution in [2.75, 3.05) is 58.4 Å². The molecule has 0 saturated carbocycles. The first-order valence-electron chi connectivity index (χ1n) is 14.2. The molecule has 1 fully saturated rings. The summed E-state index contributed by atoms with van der Waals surface area (Å²) in [7, 11) is 1.62. The number of nitrogens with zero attached hydrogens (tertiary/aromatic N) is 3. The minimum atomic E-state index is -0.650. The van der Waals surface area contributed by atoms with E-state index in [0.717, 1.165) is 40.4 Å². The molecule has 3 aromatic carbocycles. The molecule has 3 heterocycles. The van der Waals surface area contributed by atoms with Crippen molar-refractivity contribution in [3.63, 3.8) is 0 Å². The second-order valence-electron chi connectivity index (χ2n) is 10.3. The third-order valence-electron chi connectivity index (χ3n) is 7.84. The van der Waals surface area contributed by atoms with Crippen LogP contribution in [0.4, 0.5) is 5.13 Å². The van der Waals surface area contributed by atoms with Crippen molar-refractivity contribution >= 4 is 38.5 Å². The summed E-state index contributed by atoms with van der Waals surface area (Å²) in [4.78, 5) is 37.2. The second kappa shape index (κ2) is 12.5. The number of morpholine rings is 1. The van der Waals surface area contributed by atoms with E-state index in [1.807, 2.05) is 78.6 Å². The van der Waals surface area contributed by atoms with Crippen LogP contribution in [0.15, 0.2) is 66.7 Å². The van der Waals surface area contributed by atoms with E-state index in [2.05, 4.69) is 15.2 Å². The largest absolute Gasteiger partial charge is 0.497 e. The van der Waals surface area contributed by atoms with Crippen LogP contribution in [-0.2, 0) is 9.53 Å². The van der Waals surface area contributed by atoms with E-state index in [0.29, 0.717) is 49.2 Å². The quantitative estimate of drug-likeness (QED) is 0.297. The standard InChI is InChI=1S/C32H34N4O5S/c1-3-41-22-10-8-21(9-11-22)29-28(30(37)34-32-33-26-13-12-23(39-2)20-27(26)42-32)24-6-4-5-7-25(24)31(38)36(29)15-14-35-16-18-40-19-17-35/h4-13,20,28-29H,3,14-19H2,1-2H3,(H,33,34,37)/t28-,29+/m1/s1. The van der Waals surface area contributed by atoms with Gasteiger partial charge in [0.05, 0.1) is 49.1 Å². The maximum atomic E-state index is 14.3. The van der Waals surface area contributed by atoms with Crippen LogP contribution in [0.1, 0.15) is 40.4 Å². The smallest absolute Gasteiger partial charge is 0.254 e. The number of benzene rings is 3. The molecule has 0 bridgehead atoms. The zero-order valence-electron chi connectivity index (χ0n) is 23.7. The van der Waals surface area contributed by atoms with Crippen molar-refractivity contribution in [3.8, 4) is 11.5 Å². The number of carbonyl (C=O) groups is 2. The maximum Gasteiger partial charge on any atom is 0.254 e. The Hall–Kier alpha value is -3.99. The van der Waals surface area contributed by atoms with Crippen LogP contribution in [0.5, 0.6) is 11.5 Å². The molecule has 1 aromatic heterocycles. The van der Waals surface area contributed by atoms with Gasteiger partial charge in [-0.2, -0.15) is 0 Å². The number of amides is 2. The SMILES string of the molecule is CCOc1ccc([C@H]2[C@H](C(=O)Nc3nc4ccc(OC)cc4s3)c3ccccc3C(=O)N2CCN2CCOCC2)cc1. The molecule has 1 saturated heterocycles. The van der Waals surface area contributed by atoms with Crippen LogP contribution in [0, 0.1) is 0 Å². The van der Waals surface area contributed by atoms with E-state index >= 15 is 0 Å². The zero-order chi connectivity index (χ0) is 29.1. The highest BCUT2D eigenvalue weighted by Crippen LogP contribution is 2.44. The lowest BCUT2D eigenvalue weighted by molar-refractivity contribution is -0.119. The number of hydrogen-bond acceptors (Lipinski definition) is 8. The molecular formula is C32H34N4O5S. The van der Waals surface area contributed by atoms with Gasteiger partial charge in [-0.3, -0.25) is 14.5 Å². The number of anilines is 1. The van der Waals surface area contributed by atoms with E-state index in [1.165, 1.54) is 11.3 Å². The number of hydrogen-bond donors (Lipinski definition) is 1. The molecular weight excluding hydrogens is 552 g/mol. The van der Waals surface area contributed by atoms with Gasteiger partial charge in [-0.15, -0.1) is 0 Å². The molecule has 0 aliphatic carbocycles. The first kappa shape index (κ1) is 28.1. The van der Waals surface area contributed by atoms with Gasteiger partial charge in [0, 0.05) is 31.7 Å². The Morgan fingerprint density at radius 3 is 2.57 bits per heavy atom. The number of aromatic nitrogens is 1. The third-order valence-corrected chi connectivity index (χ3v) is 8.77. The average molecular weight is 587 g/mol. The van der Waals surface area contributed by atoms with Crippen molar-refractivity contribution in [3.05, 3.63) is 83.4 Å². The molecule has 2 amide bonds. The first-order valence-corrected chi connectivity index (χ1v) is 15.1. The van der Waals surface area contributed by atoms with Crippen LogP contribution in [0.3, 0.4) is 0 Å². The fourth-order valence-corrected chi connectivity index (χ4v) is 6.66. The molecule has 42 heavy (non-hydrogen) atoms. The first-order chi connectivity index (χ1) is 20.6. The van der Waals surface area contributed by atoms with Gasteiger partial charge < -0.3 is 24.4 Å². The summed E-state index contributed by atoms with van der Waals surface area (Å²) in [6.07, 6.45) is 0. The van der Waals surface area contributed by atoms with Gasteiger partial charge in [0.2, 0.25) is 5.91 Å². The normalized spacial score (nSPS) is 19.0. The van der Waals surface area contributed by atoms with Gasteiger partial charge in [-0.05, 0) is 54.4 Å². The van der Waals surface area contributed by atoms with Crippen LogP contribution in [0.2, 0.25) is 0 Å². The summed E-state index contributed by atoms with van der Waals surface area (Å²) in [6.45, 7) is 6.66. The number of thiazole rings is 1. The van der Waals surface area contributed by atoms with Crippen molar-refractivity contribution in [1.29, 1.82) is 0 Å². The van der Waals surface area contributed by atoms with Crippen LogP contribution >= 0.6 is 11.3 Å². The van der Waals surface area contributed by atoms with E-state index in [9.17, 15) is 9.59 Å². The van der Waals surface area contributed by atoms with Crippen molar-refractivity contribution in [2.24, 2.45) is 0 Å². The van der Waals surface area contributed by atoms with Gasteiger partial charge >= 0.3 is 0 Å². The van der Waals surface area contributed by atoms with Gasteiger partial charge in [-0.25, -0.2) is 4.98 Å². The van der Waals surface area contributed by atoms with Gasteiger partial charge in [0.15, 0.2) is 5.13 Å². The number of fused-ring (bicyclic) bond motifs is 2. The molecule has 10 heteroatoms. The van der Waals surface area contributed by atoms with Crippen molar-refractivity contribution < 1.29 is 23.8 Å². The average Bonchev–Trinajstić information content (AvgIpc) is 3.43. The number of nitrogens with one attached hydrogen (secondary N) is 1. The highest BCUT2D eigenvalue weighted by Gasteiger charge is 2.44. The van der Waals surface area contributed by atoms with Gasteiger partial charge in [-0.1, -0.05) is 41.7 Å². The Balaban J connectivity index is 1.38. The molecule has 0 unspecified atom stereocenters. The fraction of sp³-hybridized carbons (Fsp3) is 0.344. The van der Waals surface area contributed by atoms with Crippen molar-refractivity contribution in [1.82, 2.24) is 14.8 Å². The van der Waals surface area contributed by atoms with E-state index < -0.39 is 12.0 Å². The minimum Gasteiger partial charge on any atom is -0.497 e. The number of methoxy groups -OCH3 is 1. The molecule has 6 rings (SSSR count). The van der Waals surface area contributed by atoms with Crippen molar-refractivity contribution in [2.45, 2.75) is 18.9 Å². The highest BCUT2D eigenvalue weighted by atomic mass is 32.1. The summed E-state index contributed by atoms with van der Waals surface area (Å²) in [6, 6.07) is 20.3. The van der Waals surface area contributed by atoms with E-state index in [-0.39, 0.29) is 11.8 Å². The predicted molar refractivity (Wildman–Crippen MR) is 163 cm³/mol. The Kier molecular flexibility index (Phi) is 8.36. The number of carbonyl (C=O) groups excluding carboxylic acids is 2. The number of rotatable bonds is 9. The summed E-state index contributed by atoms with van der Waals surface area (Å²) >= 11 is 1.40. The monoisotopic (exact) mass is 586 g/mol. The molecule has 2 aliphatic heterocycles. The molecule has 218 valence electrons. The lowest BCUT2D eigenvalue weighted by Crippen LogP contribution is -2.49. The molecule has 0 radical (unpaired) electrons. The molecule has 2 atom stereocenters. The Morgan fingerprint density at radius 2 is 1.81 bits per heavy atom. The third kappa shape index (κ3) is 5.70. The Morgan fingerprint density at radius 1 is 1.05 bits per heavy atom. The Bertz CT molecular complexity index is 1570. The zero-order valence-corrected chi connectivity index (χ0v) is 24.6. The van der Waals surface area contributed by atoms with E-state index in [4.69, 9.17) is 14.2 Å². The molecule has 2 aliphatic rings. The van der Waals surface area contributed by atoms with Crippen LogP contribution in [-0.4, -0.2) is 79.7 Å². The summed E-state index contributed by atoms with van der Waals surface area (Å²) in [5, 5.41) is 3.59. The summed E-state index contributed by atoms with van der Waals surface area (Å²) < 4.78 is 17.5. The number of ether oxygens (including phenoxy) is 3. The van der Waals surface area contributed by atoms with Gasteiger partial charge in [0.25, 0.3) is 5.91 Å². The summed E-state index contributed by atoms with van der Waals surface area (Å²) in [5.74, 6) is 0.540. The lowest BCUT2D eigenvalue weighted by atomic mass is 9.79. The topological polar surface area (TPSA) is 93.2 Å². The van der Waals surface area contributed by atoms with Gasteiger partial charge in [0.1, 0.15) is 11.5 Å². The maximum absolute atomic E-state index is 14.3. The minimum absolute atomic E-state index is 0.0751. The molecule has 4 aromatic rings. The highest BCUT2D eigenvalue weighted by molar-refractivity contribution is 7.22. The predicted octanol–water partition coefficient (Wildman–Crippen LogP) is 4.96. The lowest BCUT2D eigenvalue weighted by Gasteiger charge is -2.42. The van der Waals surface area contributed by atoms with Crippen LogP contribution < -0.4 is 14.8 Å². The van der Waals surface area contributed by atoms with Crippen LogP contribution in [0.25, 0.3) is 10.2 Å². The molecule has 9 nitrogen and oxygen atoms in total. The second-order valence-corrected chi connectivity index (χ2v) is 11.3.